The number of ketones is 2. The quantitative estimate of drug-likeness (QED) is 0.119. The molecule has 0 spiro atoms. The normalized spacial score (nSPS) is 26.4. The summed E-state index contributed by atoms with van der Waals surface area (Å²) < 4.78 is 6.04. The molecule has 3 rings (SSSR count). The number of amides is 3. The van der Waals surface area contributed by atoms with Crippen molar-refractivity contribution in [3.8, 4) is 5.75 Å². The first-order chi connectivity index (χ1) is 27.1. The van der Waals surface area contributed by atoms with Crippen molar-refractivity contribution in [2.24, 2.45) is 17.8 Å². The molecule has 0 aromatic heterocycles. The molecule has 1 aromatic rings. The molecule has 57 heavy (non-hydrogen) atoms. The largest absolute Gasteiger partial charge is 0.508 e. The van der Waals surface area contributed by atoms with Crippen LogP contribution in [0, 0.1) is 17.8 Å². The van der Waals surface area contributed by atoms with Crippen LogP contribution in [-0.4, -0.2) is 87.4 Å². The monoisotopic (exact) mass is 790 g/mol. The number of cyclic esters (lactones) is 1. The van der Waals surface area contributed by atoms with E-state index in [1.54, 1.807) is 57.2 Å². The number of benzene rings is 1. The lowest BCUT2D eigenvalue weighted by Gasteiger charge is -2.36. The van der Waals surface area contributed by atoms with Crippen molar-refractivity contribution in [3.05, 3.63) is 77.9 Å². The molecule has 2 aliphatic heterocycles. The van der Waals surface area contributed by atoms with E-state index < -0.39 is 71.8 Å². The maximum absolute atomic E-state index is 14.3. The van der Waals surface area contributed by atoms with Gasteiger partial charge in [-0.25, -0.2) is 5.43 Å². The predicted molar refractivity (Wildman–Crippen MR) is 217 cm³/mol. The molecular formula is C44H62N4O9. The summed E-state index contributed by atoms with van der Waals surface area (Å²) in [5.41, 5.74) is 4.29. The number of ether oxygens (including phenoxy) is 1. The van der Waals surface area contributed by atoms with Gasteiger partial charge in [0.2, 0.25) is 11.8 Å². The molecule has 1 fully saturated rings. The Morgan fingerprint density at radius 1 is 1.02 bits per heavy atom. The molecule has 5 N–H and O–H groups in total. The Bertz CT molecular complexity index is 1680. The summed E-state index contributed by atoms with van der Waals surface area (Å²) in [6.45, 7) is 10.7. The van der Waals surface area contributed by atoms with Gasteiger partial charge in [0.15, 0.2) is 5.78 Å². The lowest BCUT2D eigenvalue weighted by Crippen LogP contribution is -2.62. The Kier molecular flexibility index (Phi) is 19.1. The van der Waals surface area contributed by atoms with Crippen molar-refractivity contribution in [3.63, 3.8) is 0 Å². The van der Waals surface area contributed by atoms with Gasteiger partial charge >= 0.3 is 5.97 Å². The van der Waals surface area contributed by atoms with Crippen LogP contribution in [0.3, 0.4) is 0 Å². The van der Waals surface area contributed by atoms with Crippen LogP contribution < -0.4 is 16.1 Å². The van der Waals surface area contributed by atoms with Crippen LogP contribution in [0.1, 0.15) is 98.5 Å². The average Bonchev–Trinajstić information content (AvgIpc) is 3.16. The second-order valence-corrected chi connectivity index (χ2v) is 15.5. The molecule has 1 aromatic carbocycles. The predicted octanol–water partition coefficient (Wildman–Crippen LogP) is 4.73. The third-order valence-corrected chi connectivity index (χ3v) is 10.2. The molecule has 7 unspecified atom stereocenters. The molecule has 2 heterocycles. The molecule has 2 aliphatic rings. The molecule has 312 valence electrons. The molecule has 0 radical (unpaired) electrons. The zero-order valence-corrected chi connectivity index (χ0v) is 34.2. The van der Waals surface area contributed by atoms with Crippen LogP contribution in [0.25, 0.3) is 0 Å². The van der Waals surface area contributed by atoms with E-state index in [2.05, 4.69) is 16.1 Å². The van der Waals surface area contributed by atoms with Crippen molar-refractivity contribution < 1.29 is 43.7 Å². The first-order valence-corrected chi connectivity index (χ1v) is 20.1. The number of nitrogens with one attached hydrogen (secondary N) is 3. The van der Waals surface area contributed by atoms with Gasteiger partial charge in [-0.15, -0.1) is 0 Å². The van der Waals surface area contributed by atoms with Gasteiger partial charge in [0, 0.05) is 32.2 Å². The highest BCUT2D eigenvalue weighted by Gasteiger charge is 2.37. The van der Waals surface area contributed by atoms with Crippen LogP contribution >= 0.6 is 0 Å². The van der Waals surface area contributed by atoms with Gasteiger partial charge in [-0.05, 0) is 87.1 Å². The van der Waals surface area contributed by atoms with Crippen molar-refractivity contribution >= 4 is 35.3 Å². The number of nitrogens with zero attached hydrogens (tertiary/aromatic N) is 1. The number of esters is 1. The Morgan fingerprint density at radius 3 is 2.40 bits per heavy atom. The molecular weight excluding hydrogens is 729 g/mol. The number of aromatic hydroxyl groups is 1. The SMILES string of the molecule is CCCC(=O)C=CC=C(C)C1CC=CC=CCC(C)C(O)C(CCC(C)=O)C(=O)NC(C(C)C)C(=O)NC(Cc2cccc(O)c2)C(=O)N2CCCC(N2)C(=O)O1. The number of aliphatic hydroxyl groups is 1. The van der Waals surface area contributed by atoms with E-state index in [1.165, 1.54) is 30.1 Å². The molecule has 0 saturated carbocycles. The van der Waals surface area contributed by atoms with E-state index in [1.807, 2.05) is 26.0 Å². The van der Waals surface area contributed by atoms with Crippen LogP contribution in [0.4, 0.5) is 0 Å². The van der Waals surface area contributed by atoms with E-state index in [0.29, 0.717) is 43.2 Å². The fourth-order valence-corrected chi connectivity index (χ4v) is 6.78. The third-order valence-electron chi connectivity index (χ3n) is 10.2. The Morgan fingerprint density at radius 2 is 1.74 bits per heavy atom. The van der Waals surface area contributed by atoms with E-state index in [9.17, 15) is 39.0 Å². The minimum atomic E-state index is -1.17. The van der Waals surface area contributed by atoms with Crippen LogP contribution in [-0.2, 0) is 39.9 Å². The fourth-order valence-electron chi connectivity index (χ4n) is 6.78. The summed E-state index contributed by atoms with van der Waals surface area (Å²) in [6.07, 6.45) is 13.2. The lowest BCUT2D eigenvalue weighted by molar-refractivity contribution is -0.156. The minimum absolute atomic E-state index is 0.00860. The maximum Gasteiger partial charge on any atom is 0.325 e. The second kappa shape index (κ2) is 23.4. The number of aliphatic hydroxyl groups excluding tert-OH is 1. The van der Waals surface area contributed by atoms with Gasteiger partial charge in [0.25, 0.3) is 5.91 Å². The van der Waals surface area contributed by atoms with Crippen LogP contribution in [0.2, 0.25) is 0 Å². The van der Waals surface area contributed by atoms with Crippen molar-refractivity contribution in [1.82, 2.24) is 21.1 Å². The van der Waals surface area contributed by atoms with E-state index in [-0.39, 0.29) is 43.1 Å². The summed E-state index contributed by atoms with van der Waals surface area (Å²) in [6, 6.07) is 3.17. The van der Waals surface area contributed by atoms with Crippen molar-refractivity contribution in [2.75, 3.05) is 6.54 Å². The standard InChI is InChI=1S/C44H62N4O9/c1-7-15-33(50)19-12-17-29(4)38-22-11-9-8-10-16-30(5)40(52)35(24-23-31(6)49)41(53)46-39(28(2)3)42(54)45-37(27-32-18-13-20-34(51)26-32)43(55)48-25-14-21-36(47-48)44(56)57-38/h8-13,17-20,26,28,30,35-40,47,51-52H,7,14-16,21-25,27H2,1-6H3,(H,45,54)(H,46,53). The molecule has 2 bridgehead atoms. The number of hydrazine groups is 1. The highest BCUT2D eigenvalue weighted by atomic mass is 16.5. The molecule has 7 atom stereocenters. The van der Waals surface area contributed by atoms with Gasteiger partial charge in [-0.2, -0.15) is 0 Å². The molecule has 13 nitrogen and oxygen atoms in total. The fraction of sp³-hybridized carbons (Fsp3) is 0.545. The van der Waals surface area contributed by atoms with E-state index in [0.717, 1.165) is 6.42 Å². The van der Waals surface area contributed by atoms with Gasteiger partial charge in [0.05, 0.1) is 12.0 Å². The number of carbonyl (C=O) groups is 6. The Balaban J connectivity index is 2.04. The number of hydrogen-bond donors (Lipinski definition) is 5. The van der Waals surface area contributed by atoms with Crippen molar-refractivity contribution in [2.45, 2.75) is 130 Å². The lowest BCUT2D eigenvalue weighted by atomic mass is 9.85. The van der Waals surface area contributed by atoms with Crippen LogP contribution in [0.15, 0.2) is 72.4 Å². The van der Waals surface area contributed by atoms with Gasteiger partial charge < -0.3 is 30.4 Å². The summed E-state index contributed by atoms with van der Waals surface area (Å²) in [7, 11) is 0. The Hall–Kier alpha value is -4.88. The minimum Gasteiger partial charge on any atom is -0.508 e. The van der Waals surface area contributed by atoms with Crippen LogP contribution in [0.5, 0.6) is 5.75 Å². The topological polar surface area (TPSA) is 191 Å². The number of fused-ring (bicyclic) bond motifs is 2. The number of carbonyl (C=O) groups excluding carboxylic acids is 6. The zero-order valence-electron chi connectivity index (χ0n) is 34.2. The number of phenolic OH excluding ortho intramolecular Hbond substituents is 1. The summed E-state index contributed by atoms with van der Waals surface area (Å²) in [5, 5.41) is 28.6. The first kappa shape index (κ1) is 46.5. The second-order valence-electron chi connectivity index (χ2n) is 15.5. The summed E-state index contributed by atoms with van der Waals surface area (Å²) in [4.78, 5) is 80.0. The number of Topliss-reactive ketones (excluding diaryl/α,β-unsaturated/α-hetero) is 1. The molecule has 1 saturated heterocycles. The van der Waals surface area contributed by atoms with Crippen molar-refractivity contribution in [1.29, 1.82) is 0 Å². The molecule has 13 heteroatoms. The third kappa shape index (κ3) is 15.2. The maximum atomic E-state index is 14.3. The van der Waals surface area contributed by atoms with Gasteiger partial charge in [-0.1, -0.05) is 76.3 Å². The summed E-state index contributed by atoms with van der Waals surface area (Å²) >= 11 is 0. The number of hydrogen-bond acceptors (Lipinski definition) is 10. The van der Waals surface area contributed by atoms with E-state index >= 15 is 0 Å². The zero-order chi connectivity index (χ0) is 42.1. The smallest absolute Gasteiger partial charge is 0.325 e. The van der Waals surface area contributed by atoms with Gasteiger partial charge in [0.1, 0.15) is 35.8 Å². The summed E-state index contributed by atoms with van der Waals surface area (Å²) in [5.74, 6) is -4.30. The highest BCUT2D eigenvalue weighted by molar-refractivity contribution is 5.93. The van der Waals surface area contributed by atoms with E-state index in [4.69, 9.17) is 4.74 Å². The molecule has 3 amide bonds. The number of allylic oxidation sites excluding steroid dienone is 6. The highest BCUT2D eigenvalue weighted by Crippen LogP contribution is 2.24. The first-order valence-electron chi connectivity index (χ1n) is 20.1. The molecule has 0 aliphatic carbocycles. The Labute approximate surface area is 337 Å². The van der Waals surface area contributed by atoms with Gasteiger partial charge in [-0.3, -0.25) is 29.0 Å². The average molecular weight is 791 g/mol. The number of phenols is 1. The number of rotatable bonds is 11.